The average molecular weight is 390 g/mol. The number of piperidine rings is 1. The van der Waals surface area contributed by atoms with E-state index in [1.165, 1.54) is 22.5 Å². The Bertz CT molecular complexity index is 892. The number of carbonyl (C=O) groups excluding carboxylic acids is 1. The molecule has 2 aromatic rings. The number of amides is 1. The molecule has 1 fully saturated rings. The van der Waals surface area contributed by atoms with Gasteiger partial charge in [-0.3, -0.25) is 4.79 Å². The first-order valence-corrected chi connectivity index (χ1v) is 10.5. The maximum atomic E-state index is 13.1. The molecule has 0 atom stereocenters. The number of halogens is 1. The maximum absolute atomic E-state index is 13.1. The highest BCUT2D eigenvalue weighted by molar-refractivity contribution is 7.89. The summed E-state index contributed by atoms with van der Waals surface area (Å²) < 4.78 is 39.9. The molecule has 0 saturated carbocycles. The summed E-state index contributed by atoms with van der Waals surface area (Å²) in [4.78, 5) is 12.3. The number of nitrogens with zero attached hydrogens (tertiary/aromatic N) is 1. The van der Waals surface area contributed by atoms with Gasteiger partial charge in [-0.05, 0) is 55.2 Å². The number of hydrogen-bond donors (Lipinski definition) is 1. The SMILES string of the molecule is O=C(CCc1ccc(S(=O)(=O)N2CCCCC2)cc1)Nc1cccc(F)c1. The first-order chi connectivity index (χ1) is 12.9. The molecule has 1 N–H and O–H groups in total. The fourth-order valence-electron chi connectivity index (χ4n) is 3.13. The standard InChI is InChI=1S/C20H23FN2O3S/c21-17-5-4-6-18(15-17)22-20(24)12-9-16-7-10-19(11-8-16)27(25,26)23-13-2-1-3-14-23/h4-8,10-11,15H,1-3,9,12-14H2,(H,22,24). The van der Waals surface area contributed by atoms with Crippen molar-refractivity contribution >= 4 is 21.6 Å². The fourth-order valence-corrected chi connectivity index (χ4v) is 4.65. The predicted octanol–water partition coefficient (Wildman–Crippen LogP) is 3.57. The van der Waals surface area contributed by atoms with Crippen molar-refractivity contribution in [2.75, 3.05) is 18.4 Å². The molecule has 0 radical (unpaired) electrons. The van der Waals surface area contributed by atoms with Gasteiger partial charge in [0.1, 0.15) is 5.82 Å². The molecule has 1 amide bonds. The molecule has 1 aliphatic rings. The van der Waals surface area contributed by atoms with E-state index >= 15 is 0 Å². The number of nitrogens with one attached hydrogen (secondary N) is 1. The van der Waals surface area contributed by atoms with Crippen LogP contribution >= 0.6 is 0 Å². The summed E-state index contributed by atoms with van der Waals surface area (Å²) in [6.45, 7) is 1.15. The van der Waals surface area contributed by atoms with Crippen molar-refractivity contribution < 1.29 is 17.6 Å². The molecule has 27 heavy (non-hydrogen) atoms. The molecule has 144 valence electrons. The van der Waals surface area contributed by atoms with Crippen molar-refractivity contribution in [3.05, 3.63) is 59.9 Å². The third-order valence-electron chi connectivity index (χ3n) is 4.63. The Morgan fingerprint density at radius 1 is 1.04 bits per heavy atom. The van der Waals surface area contributed by atoms with Crippen molar-refractivity contribution in [2.24, 2.45) is 0 Å². The minimum Gasteiger partial charge on any atom is -0.326 e. The van der Waals surface area contributed by atoms with E-state index in [1.807, 2.05) is 0 Å². The van der Waals surface area contributed by atoms with Crippen LogP contribution in [0.5, 0.6) is 0 Å². The first-order valence-electron chi connectivity index (χ1n) is 9.10. The van der Waals surface area contributed by atoms with Gasteiger partial charge >= 0.3 is 0 Å². The molecular weight excluding hydrogens is 367 g/mol. The molecule has 0 spiro atoms. The molecule has 5 nitrogen and oxygen atoms in total. The van der Waals surface area contributed by atoms with Gasteiger partial charge in [-0.1, -0.05) is 24.6 Å². The minimum atomic E-state index is -3.44. The van der Waals surface area contributed by atoms with Crippen molar-refractivity contribution in [1.29, 1.82) is 0 Å². The monoisotopic (exact) mass is 390 g/mol. The third kappa shape index (κ3) is 5.14. The van der Waals surface area contributed by atoms with E-state index in [-0.39, 0.29) is 17.2 Å². The Morgan fingerprint density at radius 3 is 2.41 bits per heavy atom. The predicted molar refractivity (Wildman–Crippen MR) is 102 cm³/mol. The van der Waals surface area contributed by atoms with Gasteiger partial charge in [-0.2, -0.15) is 4.31 Å². The third-order valence-corrected chi connectivity index (χ3v) is 6.54. The minimum absolute atomic E-state index is 0.217. The van der Waals surface area contributed by atoms with Crippen molar-refractivity contribution in [1.82, 2.24) is 4.31 Å². The smallest absolute Gasteiger partial charge is 0.243 e. The molecule has 1 saturated heterocycles. The van der Waals surface area contributed by atoms with Gasteiger partial charge in [0.2, 0.25) is 15.9 Å². The Labute approximate surface area is 159 Å². The fraction of sp³-hybridized carbons (Fsp3) is 0.350. The van der Waals surface area contributed by atoms with Crippen molar-refractivity contribution in [2.45, 2.75) is 37.0 Å². The van der Waals surface area contributed by atoms with E-state index in [0.29, 0.717) is 25.2 Å². The highest BCUT2D eigenvalue weighted by atomic mass is 32.2. The summed E-state index contributed by atoms with van der Waals surface area (Å²) in [5.41, 5.74) is 1.30. The summed E-state index contributed by atoms with van der Waals surface area (Å²) in [6, 6.07) is 12.4. The van der Waals surface area contributed by atoms with Crippen LogP contribution in [-0.4, -0.2) is 31.7 Å². The van der Waals surface area contributed by atoms with E-state index in [4.69, 9.17) is 0 Å². The molecule has 1 heterocycles. The van der Waals surface area contributed by atoms with Gasteiger partial charge in [0.25, 0.3) is 0 Å². The van der Waals surface area contributed by atoms with Crippen LogP contribution in [0, 0.1) is 5.82 Å². The number of anilines is 1. The van der Waals surface area contributed by atoms with Gasteiger partial charge in [-0.25, -0.2) is 12.8 Å². The molecule has 2 aromatic carbocycles. The lowest BCUT2D eigenvalue weighted by atomic mass is 10.1. The number of carbonyl (C=O) groups is 1. The quantitative estimate of drug-likeness (QED) is 0.820. The molecule has 0 aromatic heterocycles. The molecule has 0 bridgehead atoms. The molecule has 0 unspecified atom stereocenters. The van der Waals surface area contributed by atoms with E-state index in [2.05, 4.69) is 5.32 Å². The van der Waals surface area contributed by atoms with Crippen LogP contribution in [0.25, 0.3) is 0 Å². The number of sulfonamides is 1. The van der Waals surface area contributed by atoms with E-state index in [1.54, 1.807) is 30.3 Å². The van der Waals surface area contributed by atoms with E-state index in [0.717, 1.165) is 24.8 Å². The van der Waals surface area contributed by atoms with Crippen LogP contribution in [0.1, 0.15) is 31.2 Å². The number of hydrogen-bond acceptors (Lipinski definition) is 3. The summed E-state index contributed by atoms with van der Waals surface area (Å²) in [7, 11) is -3.44. The van der Waals surface area contributed by atoms with E-state index < -0.39 is 15.8 Å². The molecule has 1 aliphatic heterocycles. The number of rotatable bonds is 6. The second-order valence-electron chi connectivity index (χ2n) is 6.67. The van der Waals surface area contributed by atoms with Crippen LogP contribution in [-0.2, 0) is 21.2 Å². The van der Waals surface area contributed by atoms with Gasteiger partial charge in [0.15, 0.2) is 0 Å². The van der Waals surface area contributed by atoms with Gasteiger partial charge in [0.05, 0.1) is 4.90 Å². The normalized spacial score (nSPS) is 15.4. The number of aryl methyl sites for hydroxylation is 1. The molecule has 3 rings (SSSR count). The highest BCUT2D eigenvalue weighted by Crippen LogP contribution is 2.21. The van der Waals surface area contributed by atoms with Crippen molar-refractivity contribution in [3.8, 4) is 0 Å². The summed E-state index contributed by atoms with van der Waals surface area (Å²) >= 11 is 0. The molecular formula is C20H23FN2O3S. The topological polar surface area (TPSA) is 66.5 Å². The lowest BCUT2D eigenvalue weighted by Gasteiger charge is -2.25. The van der Waals surface area contributed by atoms with Crippen LogP contribution in [0.4, 0.5) is 10.1 Å². The van der Waals surface area contributed by atoms with Gasteiger partial charge < -0.3 is 5.32 Å². The lowest BCUT2D eigenvalue weighted by molar-refractivity contribution is -0.116. The summed E-state index contributed by atoms with van der Waals surface area (Å²) in [5.74, 6) is -0.621. The largest absolute Gasteiger partial charge is 0.326 e. The number of benzene rings is 2. The van der Waals surface area contributed by atoms with Gasteiger partial charge in [0, 0.05) is 25.2 Å². The zero-order chi connectivity index (χ0) is 19.3. The zero-order valence-electron chi connectivity index (χ0n) is 15.0. The summed E-state index contributed by atoms with van der Waals surface area (Å²) in [6.07, 6.45) is 3.58. The Kier molecular flexibility index (Phi) is 6.23. The van der Waals surface area contributed by atoms with E-state index in [9.17, 15) is 17.6 Å². The zero-order valence-corrected chi connectivity index (χ0v) is 15.8. The molecule has 0 aliphatic carbocycles. The molecule has 7 heteroatoms. The van der Waals surface area contributed by atoms with Crippen LogP contribution < -0.4 is 5.32 Å². The summed E-state index contributed by atoms with van der Waals surface area (Å²) in [5, 5.41) is 2.65. The van der Waals surface area contributed by atoms with Crippen molar-refractivity contribution in [3.63, 3.8) is 0 Å². The Morgan fingerprint density at radius 2 is 1.74 bits per heavy atom. The second kappa shape index (κ2) is 8.63. The average Bonchev–Trinajstić information content (AvgIpc) is 2.67. The highest BCUT2D eigenvalue weighted by Gasteiger charge is 2.25. The van der Waals surface area contributed by atoms with Gasteiger partial charge in [-0.15, -0.1) is 0 Å². The Hall–Kier alpha value is -2.25. The van der Waals surface area contributed by atoms with Crippen LogP contribution in [0.15, 0.2) is 53.4 Å². The maximum Gasteiger partial charge on any atom is 0.243 e. The van der Waals surface area contributed by atoms with Crippen LogP contribution in [0.2, 0.25) is 0 Å². The van der Waals surface area contributed by atoms with Crippen LogP contribution in [0.3, 0.4) is 0 Å². The lowest BCUT2D eigenvalue weighted by Crippen LogP contribution is -2.35. The second-order valence-corrected chi connectivity index (χ2v) is 8.61. The first kappa shape index (κ1) is 19.5. The Balaban J connectivity index is 1.56.